The number of hydrogen-bond donors (Lipinski definition) is 2. The number of benzene rings is 3. The molecule has 48 heavy (non-hydrogen) atoms. The van der Waals surface area contributed by atoms with Crippen LogP contribution in [0.15, 0.2) is 54.7 Å². The van der Waals surface area contributed by atoms with Crippen LogP contribution in [0.5, 0.6) is 11.6 Å². The van der Waals surface area contributed by atoms with Gasteiger partial charge in [-0.15, -0.1) is 0 Å². The summed E-state index contributed by atoms with van der Waals surface area (Å²) in [6, 6.07) is 16.5. The van der Waals surface area contributed by atoms with Crippen LogP contribution >= 0.6 is 23.2 Å². The number of aromatic nitrogens is 2. The monoisotopic (exact) mass is 685 g/mol. The number of amides is 1. The Bertz CT molecular complexity index is 1920. The van der Waals surface area contributed by atoms with Crippen LogP contribution in [0.2, 0.25) is 10.0 Å². The summed E-state index contributed by atoms with van der Waals surface area (Å²) in [6.45, 7) is 3.62. The van der Waals surface area contributed by atoms with Crippen molar-refractivity contribution in [3.8, 4) is 45.1 Å². The number of methoxy groups -OCH3 is 2. The summed E-state index contributed by atoms with van der Waals surface area (Å²) in [4.78, 5) is 25.9. The van der Waals surface area contributed by atoms with E-state index in [2.05, 4.69) is 27.2 Å². The summed E-state index contributed by atoms with van der Waals surface area (Å²) < 4.78 is 11.5. The van der Waals surface area contributed by atoms with Gasteiger partial charge in [-0.2, -0.15) is 0 Å². The van der Waals surface area contributed by atoms with Crippen molar-refractivity contribution in [1.82, 2.24) is 25.1 Å². The van der Waals surface area contributed by atoms with E-state index in [-0.39, 0.29) is 17.6 Å². The standard InChI is InChI=1S/C37H37Cl2N5O4/c1-47-32-13-22(11-21-12-23(14-29(21)32)44-16-24(45)17-44)25-5-3-6-26(34(25)38)27-7-4-8-28(35(27)39)30-15-40-31(36(41-30)48-2)18-43-19-37(20-43)10-9-33(46)42-37/h3-8,11,13,15,23-24,45H,9-10,12,14,16-20H2,1-2H3,(H,42,46)/t23-/m0/s1. The minimum atomic E-state index is -0.223. The second-order valence-electron chi connectivity index (χ2n) is 13.5. The molecule has 248 valence electrons. The number of carbonyl (C=O) groups is 1. The highest BCUT2D eigenvalue weighted by molar-refractivity contribution is 6.39. The van der Waals surface area contributed by atoms with Crippen molar-refractivity contribution in [3.63, 3.8) is 0 Å². The summed E-state index contributed by atoms with van der Waals surface area (Å²) in [5, 5.41) is 14.1. The molecular formula is C37H37Cl2N5O4. The highest BCUT2D eigenvalue weighted by Crippen LogP contribution is 2.45. The number of β-amino-alcohol motifs (C(OH)–C–C–N with tert-alkyl or cyclic N) is 1. The number of nitrogens with one attached hydrogen (secondary N) is 1. The normalized spacial score (nSPS) is 20.4. The number of rotatable bonds is 8. The Kier molecular flexibility index (Phi) is 8.08. The zero-order valence-corrected chi connectivity index (χ0v) is 28.4. The van der Waals surface area contributed by atoms with Crippen LogP contribution in [0.3, 0.4) is 0 Å². The third-order valence-electron chi connectivity index (χ3n) is 10.4. The number of ether oxygens (including phenoxy) is 2. The van der Waals surface area contributed by atoms with Crippen molar-refractivity contribution in [2.45, 2.75) is 49.9 Å². The first-order chi connectivity index (χ1) is 23.2. The lowest BCUT2D eigenvalue weighted by Gasteiger charge is -2.47. The van der Waals surface area contributed by atoms with E-state index in [0.29, 0.717) is 40.6 Å². The van der Waals surface area contributed by atoms with E-state index in [4.69, 9.17) is 42.6 Å². The van der Waals surface area contributed by atoms with Gasteiger partial charge < -0.3 is 19.9 Å². The fourth-order valence-electron chi connectivity index (χ4n) is 7.90. The van der Waals surface area contributed by atoms with E-state index >= 15 is 0 Å². The fourth-order valence-corrected chi connectivity index (χ4v) is 8.57. The molecule has 11 heteroatoms. The molecule has 0 unspecified atom stereocenters. The molecule has 1 aliphatic carbocycles. The van der Waals surface area contributed by atoms with Gasteiger partial charge in [0.05, 0.1) is 47.8 Å². The fraction of sp³-hybridized carbons (Fsp3) is 0.378. The minimum Gasteiger partial charge on any atom is -0.496 e. The maximum Gasteiger partial charge on any atom is 0.237 e. The highest BCUT2D eigenvalue weighted by Gasteiger charge is 2.47. The van der Waals surface area contributed by atoms with Gasteiger partial charge in [0.15, 0.2) is 0 Å². The largest absolute Gasteiger partial charge is 0.496 e. The Morgan fingerprint density at radius 1 is 0.979 bits per heavy atom. The van der Waals surface area contributed by atoms with Crippen LogP contribution in [0, 0.1) is 0 Å². The van der Waals surface area contributed by atoms with Gasteiger partial charge in [-0.3, -0.25) is 19.6 Å². The van der Waals surface area contributed by atoms with Gasteiger partial charge >= 0.3 is 0 Å². The Hall–Kier alpha value is -3.73. The molecule has 4 aromatic rings. The summed E-state index contributed by atoms with van der Waals surface area (Å²) in [6.07, 6.45) is 4.81. The Morgan fingerprint density at radius 3 is 2.35 bits per heavy atom. The number of likely N-dealkylation sites (tertiary alicyclic amines) is 2. The SMILES string of the molecule is COc1cc(-c2cccc(-c3cccc(-c4cnc(CN5CC6(CCC(=O)N6)C5)c(OC)n4)c3Cl)c2Cl)cc2c1C[C@@H](N1CC(O)C1)C2. The minimum absolute atomic E-state index is 0.0982. The summed E-state index contributed by atoms with van der Waals surface area (Å²) in [5.41, 5.74) is 7.95. The molecule has 3 saturated heterocycles. The van der Waals surface area contributed by atoms with Gasteiger partial charge in [0.25, 0.3) is 0 Å². The predicted octanol–water partition coefficient (Wildman–Crippen LogP) is 5.41. The topological polar surface area (TPSA) is 100 Å². The van der Waals surface area contributed by atoms with Gasteiger partial charge in [0, 0.05) is 67.4 Å². The molecule has 2 N–H and O–H groups in total. The molecule has 1 amide bonds. The Balaban J connectivity index is 1.06. The lowest BCUT2D eigenvalue weighted by atomic mass is 9.88. The quantitative estimate of drug-likeness (QED) is 0.254. The second-order valence-corrected chi connectivity index (χ2v) is 14.3. The molecular weight excluding hydrogens is 649 g/mol. The molecule has 0 bridgehead atoms. The molecule has 1 spiro atoms. The van der Waals surface area contributed by atoms with Crippen LogP contribution in [0.4, 0.5) is 0 Å². The number of nitrogens with zero attached hydrogens (tertiary/aromatic N) is 4. The van der Waals surface area contributed by atoms with Crippen molar-refractivity contribution >= 4 is 29.1 Å². The lowest BCUT2D eigenvalue weighted by Crippen LogP contribution is -2.66. The van der Waals surface area contributed by atoms with Crippen LogP contribution < -0.4 is 14.8 Å². The van der Waals surface area contributed by atoms with E-state index in [1.54, 1.807) is 20.4 Å². The lowest BCUT2D eigenvalue weighted by molar-refractivity contribution is -0.120. The maximum absolute atomic E-state index is 11.7. The summed E-state index contributed by atoms with van der Waals surface area (Å²) in [7, 11) is 3.31. The van der Waals surface area contributed by atoms with E-state index in [1.807, 2.05) is 36.4 Å². The van der Waals surface area contributed by atoms with E-state index in [1.165, 1.54) is 11.1 Å². The second kappa shape index (κ2) is 12.3. The van der Waals surface area contributed by atoms with Crippen molar-refractivity contribution < 1.29 is 19.4 Å². The average molecular weight is 687 g/mol. The predicted molar refractivity (Wildman–Crippen MR) is 186 cm³/mol. The smallest absolute Gasteiger partial charge is 0.237 e. The first kappa shape index (κ1) is 31.5. The number of fused-ring (bicyclic) bond motifs is 1. The van der Waals surface area contributed by atoms with E-state index in [0.717, 1.165) is 84.7 Å². The molecule has 8 rings (SSSR count). The molecule has 4 heterocycles. The molecule has 3 fully saturated rings. The number of aliphatic hydroxyl groups excluding tert-OH is 1. The van der Waals surface area contributed by atoms with Gasteiger partial charge in [-0.25, -0.2) is 4.98 Å². The summed E-state index contributed by atoms with van der Waals surface area (Å²) in [5.74, 6) is 1.44. The van der Waals surface area contributed by atoms with Crippen LogP contribution in [-0.2, 0) is 24.2 Å². The highest BCUT2D eigenvalue weighted by atomic mass is 35.5. The Labute approximate surface area is 289 Å². The molecule has 3 aliphatic heterocycles. The third-order valence-corrected chi connectivity index (χ3v) is 11.2. The van der Waals surface area contributed by atoms with Crippen molar-refractivity contribution in [2.24, 2.45) is 0 Å². The van der Waals surface area contributed by atoms with Crippen molar-refractivity contribution in [3.05, 3.63) is 81.6 Å². The zero-order valence-electron chi connectivity index (χ0n) is 26.9. The van der Waals surface area contributed by atoms with Crippen LogP contribution in [0.1, 0.15) is 29.7 Å². The first-order valence-electron chi connectivity index (χ1n) is 16.4. The first-order valence-corrected chi connectivity index (χ1v) is 17.1. The van der Waals surface area contributed by atoms with Crippen molar-refractivity contribution in [2.75, 3.05) is 40.4 Å². The summed E-state index contributed by atoms with van der Waals surface area (Å²) >= 11 is 14.3. The third kappa shape index (κ3) is 5.51. The van der Waals surface area contributed by atoms with E-state index < -0.39 is 0 Å². The molecule has 3 aromatic carbocycles. The molecule has 0 radical (unpaired) electrons. The number of halogens is 2. The molecule has 9 nitrogen and oxygen atoms in total. The zero-order chi connectivity index (χ0) is 33.2. The molecule has 0 saturated carbocycles. The maximum atomic E-state index is 11.7. The Morgan fingerprint density at radius 2 is 1.69 bits per heavy atom. The molecule has 4 aliphatic rings. The van der Waals surface area contributed by atoms with Crippen LogP contribution in [-0.4, -0.2) is 88.9 Å². The van der Waals surface area contributed by atoms with Gasteiger partial charge in [0.1, 0.15) is 11.4 Å². The molecule has 1 aromatic heterocycles. The number of carbonyl (C=O) groups excluding carboxylic acids is 1. The van der Waals surface area contributed by atoms with Gasteiger partial charge in [0.2, 0.25) is 11.8 Å². The van der Waals surface area contributed by atoms with Crippen LogP contribution in [0.25, 0.3) is 33.5 Å². The van der Waals surface area contributed by atoms with E-state index in [9.17, 15) is 9.90 Å². The van der Waals surface area contributed by atoms with Gasteiger partial charge in [-0.05, 0) is 42.0 Å². The average Bonchev–Trinajstić information content (AvgIpc) is 3.67. The molecule has 1 atom stereocenters. The van der Waals surface area contributed by atoms with Crippen molar-refractivity contribution in [1.29, 1.82) is 0 Å². The van der Waals surface area contributed by atoms with Gasteiger partial charge in [-0.1, -0.05) is 65.7 Å². The number of hydrogen-bond acceptors (Lipinski definition) is 8. The number of aliphatic hydroxyl groups is 1.